The van der Waals surface area contributed by atoms with Gasteiger partial charge in [-0.1, -0.05) is 17.7 Å². The maximum absolute atomic E-state index is 14.3. The molecule has 6 nitrogen and oxygen atoms in total. The molecule has 9 heteroatoms. The van der Waals surface area contributed by atoms with Gasteiger partial charge in [-0.3, -0.25) is 9.59 Å². The Kier molecular flexibility index (Phi) is 6.31. The minimum atomic E-state index is -0.811. The Balaban J connectivity index is 1.54. The average molecular weight is 512 g/mol. The van der Waals surface area contributed by atoms with E-state index in [0.717, 1.165) is 0 Å². The van der Waals surface area contributed by atoms with Crippen molar-refractivity contribution in [2.75, 3.05) is 13.2 Å². The van der Waals surface area contributed by atoms with Crippen molar-refractivity contribution in [2.24, 2.45) is 5.92 Å². The Morgan fingerprint density at radius 2 is 2.03 bits per heavy atom. The number of ether oxygens (including phenoxy) is 2. The van der Waals surface area contributed by atoms with Gasteiger partial charge in [-0.05, 0) is 53.0 Å². The van der Waals surface area contributed by atoms with Gasteiger partial charge in [-0.15, -0.1) is 0 Å². The lowest BCUT2D eigenvalue weighted by atomic mass is 9.82. The summed E-state index contributed by atoms with van der Waals surface area (Å²) in [6.45, 7) is 0.386. The van der Waals surface area contributed by atoms with Crippen LogP contribution in [-0.2, 0) is 9.53 Å². The highest BCUT2D eigenvalue weighted by atomic mass is 79.9. The smallest absolute Gasteiger partial charge is 0.306 e. The number of para-hydroxylation sites is 1. The Morgan fingerprint density at radius 3 is 2.77 bits per heavy atom. The zero-order chi connectivity index (χ0) is 22.1. The van der Waals surface area contributed by atoms with Crippen molar-refractivity contribution in [3.8, 4) is 17.1 Å². The molecule has 0 bridgehead atoms. The molecule has 1 fully saturated rings. The quantitative estimate of drug-likeness (QED) is 0.435. The van der Waals surface area contributed by atoms with E-state index >= 15 is 0 Å². The molecule has 1 heterocycles. The second-order valence-corrected chi connectivity index (χ2v) is 8.46. The fraction of sp³-hybridized carbons (Fsp3) is 0.273. The summed E-state index contributed by atoms with van der Waals surface area (Å²) >= 11 is 9.30. The molecule has 4 rings (SSSR count). The SMILES string of the molecule is O=c1cc(-c2cc(F)c(Br)cc2OCCO[C@H]2C[C@@H](C(=O)O)C2)oc2c(Cl)cccc12. The lowest BCUT2D eigenvalue weighted by Crippen LogP contribution is -2.37. The number of carboxylic acid groups (broad SMARTS) is 1. The lowest BCUT2D eigenvalue weighted by Gasteiger charge is -2.32. The fourth-order valence-electron chi connectivity index (χ4n) is 3.39. The summed E-state index contributed by atoms with van der Waals surface area (Å²) in [5, 5.41) is 9.50. The molecule has 162 valence electrons. The molecule has 1 aliphatic rings. The van der Waals surface area contributed by atoms with Gasteiger partial charge in [0.05, 0.1) is 39.1 Å². The largest absolute Gasteiger partial charge is 0.490 e. The predicted octanol–water partition coefficient (Wildman–Crippen LogP) is 5.27. The van der Waals surface area contributed by atoms with Crippen LogP contribution in [0.5, 0.6) is 5.75 Å². The number of carbonyl (C=O) groups is 1. The second-order valence-electron chi connectivity index (χ2n) is 7.20. The number of fused-ring (bicyclic) bond motifs is 1. The number of hydrogen-bond acceptors (Lipinski definition) is 5. The van der Waals surface area contributed by atoms with E-state index in [2.05, 4.69) is 15.9 Å². The third-order valence-electron chi connectivity index (χ3n) is 5.13. The highest BCUT2D eigenvalue weighted by Gasteiger charge is 2.35. The number of carboxylic acids is 1. The van der Waals surface area contributed by atoms with Crippen molar-refractivity contribution in [1.29, 1.82) is 0 Å². The zero-order valence-electron chi connectivity index (χ0n) is 16.1. The lowest BCUT2D eigenvalue weighted by molar-refractivity contribution is -0.151. The Bertz CT molecular complexity index is 1200. The number of halogens is 3. The summed E-state index contributed by atoms with van der Waals surface area (Å²) in [6, 6.07) is 8.78. The van der Waals surface area contributed by atoms with Crippen LogP contribution in [0.2, 0.25) is 5.02 Å². The van der Waals surface area contributed by atoms with Gasteiger partial charge in [-0.25, -0.2) is 4.39 Å². The highest BCUT2D eigenvalue weighted by Crippen LogP contribution is 2.36. The van der Waals surface area contributed by atoms with E-state index in [1.807, 2.05) is 0 Å². The first-order valence-electron chi connectivity index (χ1n) is 9.52. The standard InChI is InChI=1S/C22H17BrClFO6/c23-15-9-19(30-5-4-29-12-6-11(7-12)22(27)28)14(8-17(15)25)20-10-18(26)13-2-1-3-16(24)21(13)31-20/h1-3,8-12H,4-7H2,(H,27,28)/t11-,12+. The molecule has 2 aromatic carbocycles. The first kappa shape index (κ1) is 21.8. The summed E-state index contributed by atoms with van der Waals surface area (Å²) in [5.41, 5.74) is 0.158. The van der Waals surface area contributed by atoms with E-state index in [-0.39, 0.29) is 57.1 Å². The van der Waals surface area contributed by atoms with E-state index in [4.69, 9.17) is 30.6 Å². The van der Waals surface area contributed by atoms with Gasteiger partial charge >= 0.3 is 5.97 Å². The summed E-state index contributed by atoms with van der Waals surface area (Å²) in [7, 11) is 0. The van der Waals surface area contributed by atoms with Crippen LogP contribution in [0.15, 0.2) is 50.1 Å². The Labute approximate surface area is 189 Å². The molecule has 0 saturated heterocycles. The van der Waals surface area contributed by atoms with E-state index in [0.29, 0.717) is 24.0 Å². The van der Waals surface area contributed by atoms with Gasteiger partial charge < -0.3 is 19.0 Å². The molecule has 0 amide bonds. The van der Waals surface area contributed by atoms with Crippen LogP contribution in [0.1, 0.15) is 12.8 Å². The van der Waals surface area contributed by atoms with Crippen LogP contribution in [0.25, 0.3) is 22.3 Å². The molecule has 0 radical (unpaired) electrons. The molecule has 1 saturated carbocycles. The van der Waals surface area contributed by atoms with Crippen molar-refractivity contribution >= 4 is 44.5 Å². The minimum Gasteiger partial charge on any atom is -0.490 e. The highest BCUT2D eigenvalue weighted by molar-refractivity contribution is 9.10. The maximum atomic E-state index is 14.3. The van der Waals surface area contributed by atoms with Crippen molar-refractivity contribution < 1.29 is 28.2 Å². The van der Waals surface area contributed by atoms with Crippen molar-refractivity contribution in [3.05, 3.63) is 61.9 Å². The number of aliphatic carboxylic acids is 1. The Hall–Kier alpha value is -2.42. The van der Waals surface area contributed by atoms with Crippen LogP contribution < -0.4 is 10.2 Å². The second kappa shape index (κ2) is 8.98. The van der Waals surface area contributed by atoms with E-state index < -0.39 is 11.8 Å². The van der Waals surface area contributed by atoms with Crippen molar-refractivity contribution in [1.82, 2.24) is 0 Å². The van der Waals surface area contributed by atoms with Gasteiger partial charge in [0, 0.05) is 6.07 Å². The van der Waals surface area contributed by atoms with E-state index in [9.17, 15) is 14.0 Å². The van der Waals surface area contributed by atoms with Crippen LogP contribution >= 0.6 is 27.5 Å². The Morgan fingerprint density at radius 1 is 1.26 bits per heavy atom. The molecule has 3 aromatic rings. The van der Waals surface area contributed by atoms with Gasteiger partial charge in [0.1, 0.15) is 23.9 Å². The van der Waals surface area contributed by atoms with Gasteiger partial charge in [-0.2, -0.15) is 0 Å². The predicted molar refractivity (Wildman–Crippen MR) is 116 cm³/mol. The van der Waals surface area contributed by atoms with Crippen LogP contribution in [0.4, 0.5) is 4.39 Å². The summed E-state index contributed by atoms with van der Waals surface area (Å²) < 4.78 is 31.7. The van der Waals surface area contributed by atoms with Crippen molar-refractivity contribution in [3.63, 3.8) is 0 Å². The third kappa shape index (κ3) is 4.61. The number of hydrogen-bond donors (Lipinski definition) is 1. The minimum absolute atomic E-state index is 0.107. The number of benzene rings is 2. The molecule has 1 aromatic heterocycles. The zero-order valence-corrected chi connectivity index (χ0v) is 18.4. The summed E-state index contributed by atoms with van der Waals surface area (Å²) in [5.74, 6) is -1.29. The molecule has 0 atom stereocenters. The normalized spacial score (nSPS) is 18.0. The molecule has 1 N–H and O–H groups in total. The van der Waals surface area contributed by atoms with Crippen molar-refractivity contribution in [2.45, 2.75) is 18.9 Å². The van der Waals surface area contributed by atoms with E-state index in [1.165, 1.54) is 18.2 Å². The summed E-state index contributed by atoms with van der Waals surface area (Å²) in [6.07, 6.45) is 0.849. The monoisotopic (exact) mass is 510 g/mol. The molecule has 0 spiro atoms. The number of rotatable bonds is 7. The molecular weight excluding hydrogens is 495 g/mol. The molecule has 0 unspecified atom stereocenters. The average Bonchev–Trinajstić information content (AvgIpc) is 2.69. The van der Waals surface area contributed by atoms with Crippen LogP contribution in [-0.4, -0.2) is 30.4 Å². The molecule has 0 aliphatic heterocycles. The van der Waals surface area contributed by atoms with Crippen LogP contribution in [0, 0.1) is 11.7 Å². The van der Waals surface area contributed by atoms with E-state index in [1.54, 1.807) is 18.2 Å². The van der Waals surface area contributed by atoms with Crippen LogP contribution in [0.3, 0.4) is 0 Å². The third-order valence-corrected chi connectivity index (χ3v) is 6.04. The first-order chi connectivity index (χ1) is 14.8. The molecular formula is C22H17BrClFO6. The first-order valence-corrected chi connectivity index (χ1v) is 10.7. The maximum Gasteiger partial charge on any atom is 0.306 e. The molecule has 1 aliphatic carbocycles. The van der Waals surface area contributed by atoms with Gasteiger partial charge in [0.15, 0.2) is 11.0 Å². The van der Waals surface area contributed by atoms with Gasteiger partial charge in [0.2, 0.25) is 0 Å². The topological polar surface area (TPSA) is 86.0 Å². The molecule has 31 heavy (non-hydrogen) atoms. The fourth-order valence-corrected chi connectivity index (χ4v) is 3.92. The summed E-state index contributed by atoms with van der Waals surface area (Å²) in [4.78, 5) is 23.4. The van der Waals surface area contributed by atoms with Gasteiger partial charge in [0.25, 0.3) is 0 Å².